The standard InChI is InChI=1S/C11H20O2/c1-4-6-10(3)8-9-13-11(12)7-5-2/h3-9H2,1-2H3. The van der Waals surface area contributed by atoms with Gasteiger partial charge in [0.05, 0.1) is 6.61 Å². The molecule has 0 amide bonds. The molecule has 76 valence electrons. The van der Waals surface area contributed by atoms with Crippen molar-refractivity contribution in [1.29, 1.82) is 0 Å². The number of carbonyl (C=O) groups excluding carboxylic acids is 1. The highest BCUT2D eigenvalue weighted by Gasteiger charge is 2.00. The van der Waals surface area contributed by atoms with Crippen molar-refractivity contribution in [2.24, 2.45) is 0 Å². The van der Waals surface area contributed by atoms with E-state index in [2.05, 4.69) is 13.5 Å². The van der Waals surface area contributed by atoms with Crippen LogP contribution < -0.4 is 0 Å². The lowest BCUT2D eigenvalue weighted by Gasteiger charge is -2.05. The van der Waals surface area contributed by atoms with Gasteiger partial charge < -0.3 is 4.74 Å². The van der Waals surface area contributed by atoms with Crippen LogP contribution in [0.5, 0.6) is 0 Å². The van der Waals surface area contributed by atoms with Gasteiger partial charge in [0, 0.05) is 12.8 Å². The Morgan fingerprint density at radius 1 is 1.15 bits per heavy atom. The molecule has 0 heterocycles. The lowest BCUT2D eigenvalue weighted by Crippen LogP contribution is -2.05. The van der Waals surface area contributed by atoms with Crippen molar-refractivity contribution in [3.05, 3.63) is 12.2 Å². The van der Waals surface area contributed by atoms with Gasteiger partial charge in [0.2, 0.25) is 0 Å². The molecule has 0 saturated heterocycles. The topological polar surface area (TPSA) is 26.3 Å². The number of hydrogen-bond acceptors (Lipinski definition) is 2. The average molecular weight is 184 g/mol. The fraction of sp³-hybridized carbons (Fsp3) is 0.727. The molecule has 0 aromatic carbocycles. The molecule has 0 aromatic rings. The second-order valence-corrected chi connectivity index (χ2v) is 3.22. The number of hydrogen-bond donors (Lipinski definition) is 0. The van der Waals surface area contributed by atoms with Gasteiger partial charge in [0.25, 0.3) is 0 Å². The van der Waals surface area contributed by atoms with E-state index in [9.17, 15) is 4.79 Å². The summed E-state index contributed by atoms with van der Waals surface area (Å²) in [6.45, 7) is 8.48. The monoisotopic (exact) mass is 184 g/mol. The van der Waals surface area contributed by atoms with Gasteiger partial charge in [-0.1, -0.05) is 32.4 Å². The maximum atomic E-state index is 10.9. The van der Waals surface area contributed by atoms with Crippen molar-refractivity contribution in [1.82, 2.24) is 0 Å². The summed E-state index contributed by atoms with van der Waals surface area (Å²) < 4.78 is 5.00. The molecule has 2 heteroatoms. The minimum absolute atomic E-state index is 0.0909. The van der Waals surface area contributed by atoms with Gasteiger partial charge in [0.1, 0.15) is 0 Å². The van der Waals surface area contributed by atoms with Gasteiger partial charge in [0.15, 0.2) is 0 Å². The van der Waals surface area contributed by atoms with Crippen molar-refractivity contribution in [3.63, 3.8) is 0 Å². The normalized spacial score (nSPS) is 9.69. The number of ether oxygens (including phenoxy) is 1. The van der Waals surface area contributed by atoms with Crippen LogP contribution >= 0.6 is 0 Å². The number of rotatable bonds is 7. The van der Waals surface area contributed by atoms with Crippen LogP contribution in [0.3, 0.4) is 0 Å². The first-order chi connectivity index (χ1) is 6.20. The van der Waals surface area contributed by atoms with E-state index in [1.165, 1.54) is 5.57 Å². The maximum Gasteiger partial charge on any atom is 0.305 e. The molecule has 0 bridgehead atoms. The Morgan fingerprint density at radius 3 is 2.31 bits per heavy atom. The summed E-state index contributed by atoms with van der Waals surface area (Å²) in [5, 5.41) is 0. The Hall–Kier alpha value is -0.790. The minimum atomic E-state index is -0.0909. The molecule has 0 aromatic heterocycles. The van der Waals surface area contributed by atoms with Crippen LogP contribution in [-0.4, -0.2) is 12.6 Å². The molecule has 13 heavy (non-hydrogen) atoms. The van der Waals surface area contributed by atoms with Crippen LogP contribution in [-0.2, 0) is 9.53 Å². The predicted octanol–water partition coefficient (Wildman–Crippen LogP) is 3.08. The van der Waals surface area contributed by atoms with Crippen LogP contribution in [0.15, 0.2) is 12.2 Å². The molecule has 0 fully saturated rings. The molecule has 0 saturated carbocycles. The molecule has 0 radical (unpaired) electrons. The van der Waals surface area contributed by atoms with E-state index in [-0.39, 0.29) is 5.97 Å². The predicted molar refractivity (Wildman–Crippen MR) is 54.5 cm³/mol. The molecule has 0 spiro atoms. The Labute approximate surface area is 81.0 Å². The van der Waals surface area contributed by atoms with Crippen molar-refractivity contribution in [2.75, 3.05) is 6.61 Å². The van der Waals surface area contributed by atoms with Gasteiger partial charge in [-0.3, -0.25) is 4.79 Å². The lowest BCUT2D eigenvalue weighted by molar-refractivity contribution is -0.143. The third kappa shape index (κ3) is 7.57. The molecular weight excluding hydrogens is 164 g/mol. The van der Waals surface area contributed by atoms with Gasteiger partial charge in [-0.2, -0.15) is 0 Å². The molecule has 0 aliphatic rings. The highest BCUT2D eigenvalue weighted by atomic mass is 16.5. The molecule has 0 aliphatic heterocycles. The van der Waals surface area contributed by atoms with E-state index in [1.807, 2.05) is 6.92 Å². The zero-order valence-electron chi connectivity index (χ0n) is 8.77. The average Bonchev–Trinajstić information content (AvgIpc) is 2.05. The van der Waals surface area contributed by atoms with Crippen LogP contribution in [0.2, 0.25) is 0 Å². The Bertz CT molecular complexity index is 143. The SMILES string of the molecule is C=C(CCC)CCOC(=O)CCC. The quantitative estimate of drug-likeness (QED) is 0.449. The van der Waals surface area contributed by atoms with Crippen molar-refractivity contribution >= 4 is 5.97 Å². The van der Waals surface area contributed by atoms with Crippen LogP contribution in [0, 0.1) is 0 Å². The zero-order chi connectivity index (χ0) is 10.1. The fourth-order valence-electron chi connectivity index (χ4n) is 1.06. The molecule has 0 atom stereocenters. The fourth-order valence-corrected chi connectivity index (χ4v) is 1.06. The van der Waals surface area contributed by atoms with Crippen LogP contribution in [0.4, 0.5) is 0 Å². The van der Waals surface area contributed by atoms with Crippen molar-refractivity contribution in [2.45, 2.75) is 46.0 Å². The van der Waals surface area contributed by atoms with E-state index >= 15 is 0 Å². The highest BCUT2D eigenvalue weighted by Crippen LogP contribution is 2.06. The summed E-state index contributed by atoms with van der Waals surface area (Å²) in [5.74, 6) is -0.0909. The molecule has 0 rings (SSSR count). The smallest absolute Gasteiger partial charge is 0.305 e. The molecule has 0 unspecified atom stereocenters. The summed E-state index contributed by atoms with van der Waals surface area (Å²) in [7, 11) is 0. The first-order valence-corrected chi connectivity index (χ1v) is 5.03. The minimum Gasteiger partial charge on any atom is -0.465 e. The van der Waals surface area contributed by atoms with Crippen molar-refractivity contribution in [3.8, 4) is 0 Å². The second-order valence-electron chi connectivity index (χ2n) is 3.22. The van der Waals surface area contributed by atoms with Crippen LogP contribution in [0.1, 0.15) is 46.0 Å². The first kappa shape index (κ1) is 12.2. The largest absolute Gasteiger partial charge is 0.465 e. The lowest BCUT2D eigenvalue weighted by atomic mass is 10.1. The Morgan fingerprint density at radius 2 is 1.77 bits per heavy atom. The maximum absolute atomic E-state index is 10.9. The van der Waals surface area contributed by atoms with E-state index in [4.69, 9.17) is 4.74 Å². The number of carbonyl (C=O) groups is 1. The summed E-state index contributed by atoms with van der Waals surface area (Å²) >= 11 is 0. The van der Waals surface area contributed by atoms with E-state index < -0.39 is 0 Å². The second kappa shape index (κ2) is 7.84. The number of esters is 1. The van der Waals surface area contributed by atoms with Crippen molar-refractivity contribution < 1.29 is 9.53 Å². The Balaban J connectivity index is 3.33. The summed E-state index contributed by atoms with van der Waals surface area (Å²) in [4.78, 5) is 10.9. The molecular formula is C11H20O2. The van der Waals surface area contributed by atoms with Gasteiger partial charge in [-0.15, -0.1) is 0 Å². The van der Waals surface area contributed by atoms with Crippen LogP contribution in [0.25, 0.3) is 0 Å². The molecule has 0 N–H and O–H groups in total. The van der Waals surface area contributed by atoms with E-state index in [0.717, 1.165) is 25.7 Å². The molecule has 0 aliphatic carbocycles. The highest BCUT2D eigenvalue weighted by molar-refractivity contribution is 5.69. The van der Waals surface area contributed by atoms with Gasteiger partial charge >= 0.3 is 5.97 Å². The van der Waals surface area contributed by atoms with E-state index in [0.29, 0.717) is 13.0 Å². The zero-order valence-corrected chi connectivity index (χ0v) is 8.77. The summed E-state index contributed by atoms with van der Waals surface area (Å²) in [5.41, 5.74) is 1.17. The third-order valence-electron chi connectivity index (χ3n) is 1.78. The summed E-state index contributed by atoms with van der Waals surface area (Å²) in [6, 6.07) is 0. The summed E-state index contributed by atoms with van der Waals surface area (Å²) in [6.07, 6.45) is 4.34. The first-order valence-electron chi connectivity index (χ1n) is 5.03. The Kier molecular flexibility index (Phi) is 7.36. The third-order valence-corrected chi connectivity index (χ3v) is 1.78. The van der Waals surface area contributed by atoms with Gasteiger partial charge in [-0.25, -0.2) is 0 Å². The van der Waals surface area contributed by atoms with E-state index in [1.54, 1.807) is 0 Å². The molecule has 2 nitrogen and oxygen atoms in total. The van der Waals surface area contributed by atoms with Gasteiger partial charge in [-0.05, 0) is 12.8 Å².